The van der Waals surface area contributed by atoms with Crippen molar-refractivity contribution >= 4 is 5.78 Å². The minimum Gasteiger partial charge on any atom is -0.486 e. The van der Waals surface area contributed by atoms with Gasteiger partial charge in [0.05, 0.1) is 11.5 Å². The van der Waals surface area contributed by atoms with Crippen LogP contribution in [0.2, 0.25) is 0 Å². The van der Waals surface area contributed by atoms with Gasteiger partial charge in [0, 0.05) is 18.4 Å². The molecule has 4 rings (SSSR count). The van der Waals surface area contributed by atoms with Crippen LogP contribution < -0.4 is 10.5 Å². The molecule has 0 bridgehead atoms. The maximum atomic E-state index is 12.9. The van der Waals surface area contributed by atoms with Crippen molar-refractivity contribution in [1.29, 1.82) is 5.26 Å². The normalized spacial score (nSPS) is 19.0. The van der Waals surface area contributed by atoms with E-state index in [0.717, 1.165) is 12.1 Å². The first-order chi connectivity index (χ1) is 14.8. The van der Waals surface area contributed by atoms with Crippen molar-refractivity contribution < 1.29 is 31.9 Å². The number of hydrogen-bond donors (Lipinski definition) is 1. The smallest absolute Gasteiger partial charge is 0.416 e. The predicted octanol–water partition coefficient (Wildman–Crippen LogP) is 4.69. The minimum atomic E-state index is -4.47. The largest absolute Gasteiger partial charge is 0.486 e. The second-order valence-electron chi connectivity index (χ2n) is 7.16. The zero-order valence-electron chi connectivity index (χ0n) is 16.2. The highest BCUT2D eigenvalue weighted by molar-refractivity contribution is 5.99. The third-order valence-electron chi connectivity index (χ3n) is 5.11. The fraction of sp³-hybridized carbons (Fsp3) is 0.273. The molecule has 1 aliphatic heterocycles. The number of carbonyl (C=O) groups is 1. The number of Topliss-reactive ketones (excluding diaryl/α,β-unsaturated/α-hetero) is 1. The molecule has 1 aromatic carbocycles. The number of furan rings is 1. The SMILES string of the molecule is N#CC1=C(N)OC2=C(C(=O)CCC2)C1c1ccc(COc2cccc(C(F)(F)F)c2)o1. The number of ether oxygens (including phenoxy) is 2. The topological polar surface area (TPSA) is 98.5 Å². The first kappa shape index (κ1) is 20.6. The third kappa shape index (κ3) is 4.01. The van der Waals surface area contributed by atoms with Crippen LogP contribution in [0, 0.1) is 11.3 Å². The average Bonchev–Trinajstić information content (AvgIpc) is 3.20. The summed E-state index contributed by atoms with van der Waals surface area (Å²) in [4.78, 5) is 12.5. The van der Waals surface area contributed by atoms with Gasteiger partial charge in [0.15, 0.2) is 5.78 Å². The van der Waals surface area contributed by atoms with Gasteiger partial charge in [-0.15, -0.1) is 0 Å². The quantitative estimate of drug-likeness (QED) is 0.756. The standard InChI is InChI=1S/C22H17F3N2O4/c23-22(24,25)12-3-1-4-13(9-12)29-11-14-7-8-18(30-14)19-15(10-26)21(27)31-17-6-2-5-16(28)20(17)19/h1,3-4,7-9,19H,2,5-6,11,27H2. The summed E-state index contributed by atoms with van der Waals surface area (Å²) in [5, 5.41) is 9.56. The van der Waals surface area contributed by atoms with Crippen LogP contribution in [0.25, 0.3) is 0 Å². The van der Waals surface area contributed by atoms with Gasteiger partial charge < -0.3 is 19.6 Å². The van der Waals surface area contributed by atoms with Crippen molar-refractivity contribution in [3.05, 3.63) is 76.3 Å². The van der Waals surface area contributed by atoms with E-state index in [1.54, 1.807) is 12.1 Å². The van der Waals surface area contributed by atoms with E-state index in [2.05, 4.69) is 0 Å². The van der Waals surface area contributed by atoms with Gasteiger partial charge in [0.2, 0.25) is 5.88 Å². The Labute approximate surface area is 175 Å². The lowest BCUT2D eigenvalue weighted by Gasteiger charge is -2.29. The molecule has 160 valence electrons. The first-order valence-electron chi connectivity index (χ1n) is 9.50. The van der Waals surface area contributed by atoms with Gasteiger partial charge in [0.1, 0.15) is 41.3 Å². The molecular weight excluding hydrogens is 413 g/mol. The van der Waals surface area contributed by atoms with E-state index in [9.17, 15) is 23.2 Å². The van der Waals surface area contributed by atoms with Crippen LogP contribution in [0.15, 0.2) is 63.6 Å². The van der Waals surface area contributed by atoms with Crippen molar-refractivity contribution in [3.8, 4) is 11.8 Å². The lowest BCUT2D eigenvalue weighted by atomic mass is 9.80. The minimum absolute atomic E-state index is 0.0353. The Morgan fingerprint density at radius 3 is 2.77 bits per heavy atom. The van der Waals surface area contributed by atoms with Gasteiger partial charge in [-0.2, -0.15) is 18.4 Å². The van der Waals surface area contributed by atoms with Crippen LogP contribution in [0.1, 0.15) is 42.3 Å². The zero-order chi connectivity index (χ0) is 22.2. The number of hydrogen-bond acceptors (Lipinski definition) is 6. The molecule has 0 radical (unpaired) electrons. The number of alkyl halides is 3. The first-order valence-corrected chi connectivity index (χ1v) is 9.50. The molecule has 1 aliphatic carbocycles. The van der Waals surface area contributed by atoms with Gasteiger partial charge in [0.25, 0.3) is 0 Å². The second-order valence-corrected chi connectivity index (χ2v) is 7.16. The molecule has 0 saturated heterocycles. The number of nitriles is 1. The fourth-order valence-electron chi connectivity index (χ4n) is 3.68. The van der Waals surface area contributed by atoms with E-state index in [1.165, 1.54) is 12.1 Å². The summed E-state index contributed by atoms with van der Waals surface area (Å²) in [5.41, 5.74) is 5.51. The number of halogens is 3. The van der Waals surface area contributed by atoms with E-state index in [1.807, 2.05) is 6.07 Å². The molecule has 0 spiro atoms. The summed E-state index contributed by atoms with van der Waals surface area (Å²) in [6.07, 6.45) is -2.97. The average molecular weight is 430 g/mol. The maximum Gasteiger partial charge on any atom is 0.416 e. The molecular formula is C22H17F3N2O4. The highest BCUT2D eigenvalue weighted by Crippen LogP contribution is 2.43. The Bertz CT molecular complexity index is 1140. The molecule has 2 heterocycles. The van der Waals surface area contributed by atoms with Crippen LogP contribution >= 0.6 is 0 Å². The molecule has 9 heteroatoms. The molecule has 2 aliphatic rings. The van der Waals surface area contributed by atoms with Crippen LogP contribution in [-0.4, -0.2) is 5.78 Å². The molecule has 1 atom stereocenters. The number of benzene rings is 1. The molecule has 2 aromatic rings. The molecule has 1 unspecified atom stereocenters. The summed E-state index contributed by atoms with van der Waals surface area (Å²) < 4.78 is 55.3. The monoisotopic (exact) mass is 430 g/mol. The zero-order valence-corrected chi connectivity index (χ0v) is 16.2. The van der Waals surface area contributed by atoms with Gasteiger partial charge in [-0.25, -0.2) is 0 Å². The highest BCUT2D eigenvalue weighted by atomic mass is 19.4. The summed E-state index contributed by atoms with van der Waals surface area (Å²) in [6.45, 7) is -0.133. The number of ketones is 1. The van der Waals surface area contributed by atoms with Crippen LogP contribution in [-0.2, 0) is 22.3 Å². The Morgan fingerprint density at radius 2 is 2.03 bits per heavy atom. The van der Waals surface area contributed by atoms with Crippen LogP contribution in [0.5, 0.6) is 5.75 Å². The summed E-state index contributed by atoms with van der Waals surface area (Å²) in [5.74, 6) is 0.116. The second kappa shape index (κ2) is 7.87. The third-order valence-corrected chi connectivity index (χ3v) is 5.11. The molecule has 0 fully saturated rings. The Balaban J connectivity index is 1.58. The number of allylic oxidation sites excluding steroid dienone is 3. The number of rotatable bonds is 4. The van der Waals surface area contributed by atoms with Crippen LogP contribution in [0.3, 0.4) is 0 Å². The molecule has 0 saturated carbocycles. The van der Waals surface area contributed by atoms with E-state index in [-0.39, 0.29) is 29.6 Å². The van der Waals surface area contributed by atoms with Crippen molar-refractivity contribution in [1.82, 2.24) is 0 Å². The molecule has 6 nitrogen and oxygen atoms in total. The number of carbonyl (C=O) groups excluding carboxylic acids is 1. The fourth-order valence-corrected chi connectivity index (χ4v) is 3.68. The van der Waals surface area contributed by atoms with E-state index in [0.29, 0.717) is 42.1 Å². The Morgan fingerprint density at radius 1 is 1.23 bits per heavy atom. The number of nitrogens with two attached hydrogens (primary N) is 1. The lowest BCUT2D eigenvalue weighted by molar-refractivity contribution is -0.137. The molecule has 31 heavy (non-hydrogen) atoms. The van der Waals surface area contributed by atoms with Crippen LogP contribution in [0.4, 0.5) is 13.2 Å². The van der Waals surface area contributed by atoms with E-state index < -0.39 is 17.7 Å². The predicted molar refractivity (Wildman–Crippen MR) is 101 cm³/mol. The summed E-state index contributed by atoms with van der Waals surface area (Å²) in [6, 6.07) is 9.68. The molecule has 0 amide bonds. The van der Waals surface area contributed by atoms with Crippen molar-refractivity contribution in [2.75, 3.05) is 0 Å². The highest BCUT2D eigenvalue weighted by Gasteiger charge is 2.39. The maximum absolute atomic E-state index is 12.9. The Hall–Kier alpha value is -3.67. The van der Waals surface area contributed by atoms with E-state index in [4.69, 9.17) is 19.6 Å². The number of nitrogens with zero attached hydrogens (tertiary/aromatic N) is 1. The Kier molecular flexibility index (Phi) is 5.23. The molecule has 1 aromatic heterocycles. The molecule has 2 N–H and O–H groups in total. The van der Waals surface area contributed by atoms with Crippen molar-refractivity contribution in [3.63, 3.8) is 0 Å². The van der Waals surface area contributed by atoms with Gasteiger partial charge in [-0.1, -0.05) is 6.07 Å². The van der Waals surface area contributed by atoms with Gasteiger partial charge in [-0.05, 0) is 36.8 Å². The van der Waals surface area contributed by atoms with E-state index >= 15 is 0 Å². The van der Waals surface area contributed by atoms with Gasteiger partial charge in [-0.3, -0.25) is 4.79 Å². The summed E-state index contributed by atoms with van der Waals surface area (Å²) in [7, 11) is 0. The van der Waals surface area contributed by atoms with Gasteiger partial charge >= 0.3 is 6.18 Å². The van der Waals surface area contributed by atoms with Crippen molar-refractivity contribution in [2.45, 2.75) is 38.0 Å². The summed E-state index contributed by atoms with van der Waals surface area (Å²) >= 11 is 0. The lowest BCUT2D eigenvalue weighted by Crippen LogP contribution is -2.27. The van der Waals surface area contributed by atoms with Crippen molar-refractivity contribution in [2.24, 2.45) is 5.73 Å².